The van der Waals surface area contributed by atoms with E-state index in [1.165, 1.54) is 4.90 Å². The Balaban J connectivity index is 1.68. The van der Waals surface area contributed by atoms with E-state index in [-0.39, 0.29) is 18.2 Å². The summed E-state index contributed by atoms with van der Waals surface area (Å²) < 4.78 is 5.66. The van der Waals surface area contributed by atoms with E-state index in [1.54, 1.807) is 37.4 Å². The highest BCUT2D eigenvalue weighted by Gasteiger charge is 2.20. The number of amides is 2. The summed E-state index contributed by atoms with van der Waals surface area (Å²) in [5.41, 5.74) is 2.37. The molecule has 0 fully saturated rings. The molecule has 1 N–H and O–H groups in total. The largest absolute Gasteiger partial charge is 0.451 e. The minimum atomic E-state index is -0.409. The molecule has 0 radical (unpaired) electrons. The molecule has 150 valence electrons. The molecule has 3 aromatic rings. The van der Waals surface area contributed by atoms with Crippen LogP contribution in [0.1, 0.15) is 23.0 Å². The van der Waals surface area contributed by atoms with Gasteiger partial charge in [-0.1, -0.05) is 54.4 Å². The van der Waals surface area contributed by atoms with E-state index in [0.29, 0.717) is 21.4 Å². The third kappa shape index (κ3) is 4.81. The highest BCUT2D eigenvalue weighted by molar-refractivity contribution is 6.43. The summed E-state index contributed by atoms with van der Waals surface area (Å²) in [7, 11) is 1.54. The monoisotopic (exact) mass is 430 g/mol. The SMILES string of the molecule is CCc1ccccc1NC(=O)CN(C)C(=O)c1ccc(-c2cccc(Cl)c2Cl)o1. The van der Waals surface area contributed by atoms with Crippen molar-refractivity contribution in [1.82, 2.24) is 4.90 Å². The molecule has 1 aromatic heterocycles. The number of rotatable bonds is 6. The lowest BCUT2D eigenvalue weighted by molar-refractivity contribution is -0.116. The minimum absolute atomic E-state index is 0.106. The van der Waals surface area contributed by atoms with Crippen molar-refractivity contribution in [3.05, 3.63) is 76.0 Å². The second kappa shape index (κ2) is 9.16. The number of carbonyl (C=O) groups is 2. The maximum absolute atomic E-state index is 12.6. The lowest BCUT2D eigenvalue weighted by Gasteiger charge is -2.16. The highest BCUT2D eigenvalue weighted by atomic mass is 35.5. The zero-order valence-corrected chi connectivity index (χ0v) is 17.6. The normalized spacial score (nSPS) is 10.6. The van der Waals surface area contributed by atoms with Crippen LogP contribution >= 0.6 is 23.2 Å². The number of halogens is 2. The molecule has 5 nitrogen and oxygen atoms in total. The number of nitrogens with zero attached hydrogens (tertiary/aromatic N) is 1. The van der Waals surface area contributed by atoms with Crippen LogP contribution in [0.3, 0.4) is 0 Å². The lowest BCUT2D eigenvalue weighted by Crippen LogP contribution is -2.34. The molecule has 0 saturated heterocycles. The van der Waals surface area contributed by atoms with E-state index in [2.05, 4.69) is 5.32 Å². The van der Waals surface area contributed by atoms with Crippen molar-refractivity contribution in [2.45, 2.75) is 13.3 Å². The molecule has 0 aliphatic carbocycles. The molecule has 0 aliphatic rings. The smallest absolute Gasteiger partial charge is 0.289 e. The molecule has 0 unspecified atom stereocenters. The maximum atomic E-state index is 12.6. The average Bonchev–Trinajstić information content (AvgIpc) is 3.19. The van der Waals surface area contributed by atoms with Gasteiger partial charge in [0.2, 0.25) is 5.91 Å². The number of benzene rings is 2. The second-order valence-corrected chi connectivity index (χ2v) is 7.27. The zero-order chi connectivity index (χ0) is 21.0. The Labute approximate surface area is 179 Å². The first-order valence-corrected chi connectivity index (χ1v) is 9.83. The molecular formula is C22H20Cl2N2O3. The predicted octanol–water partition coefficient (Wildman–Crippen LogP) is 5.53. The van der Waals surface area contributed by atoms with Crippen LogP contribution in [0, 0.1) is 0 Å². The molecule has 2 amide bonds. The van der Waals surface area contributed by atoms with Gasteiger partial charge < -0.3 is 14.6 Å². The van der Waals surface area contributed by atoms with Crippen LogP contribution in [0.2, 0.25) is 10.0 Å². The van der Waals surface area contributed by atoms with Crippen LogP contribution in [0.25, 0.3) is 11.3 Å². The molecule has 0 spiro atoms. The van der Waals surface area contributed by atoms with E-state index in [0.717, 1.165) is 17.7 Å². The van der Waals surface area contributed by atoms with Gasteiger partial charge >= 0.3 is 0 Å². The minimum Gasteiger partial charge on any atom is -0.451 e. The Morgan fingerprint density at radius 3 is 2.55 bits per heavy atom. The topological polar surface area (TPSA) is 62.6 Å². The summed E-state index contributed by atoms with van der Waals surface area (Å²) in [6.07, 6.45) is 0.798. The molecule has 29 heavy (non-hydrogen) atoms. The van der Waals surface area contributed by atoms with Gasteiger partial charge in [-0.3, -0.25) is 9.59 Å². The second-order valence-electron chi connectivity index (χ2n) is 6.49. The van der Waals surface area contributed by atoms with E-state index < -0.39 is 5.91 Å². The molecule has 1 heterocycles. The summed E-state index contributed by atoms with van der Waals surface area (Å²) in [6, 6.07) is 15.9. The number of furan rings is 1. The van der Waals surface area contributed by atoms with E-state index >= 15 is 0 Å². The Bertz CT molecular complexity index is 1050. The van der Waals surface area contributed by atoms with Gasteiger partial charge in [0.05, 0.1) is 16.6 Å². The molecule has 0 aliphatic heterocycles. The van der Waals surface area contributed by atoms with Gasteiger partial charge in [-0.15, -0.1) is 0 Å². The number of para-hydroxylation sites is 1. The number of nitrogens with one attached hydrogen (secondary N) is 1. The zero-order valence-electron chi connectivity index (χ0n) is 16.0. The third-order valence-electron chi connectivity index (χ3n) is 4.43. The van der Waals surface area contributed by atoms with Crippen molar-refractivity contribution < 1.29 is 14.0 Å². The van der Waals surface area contributed by atoms with Crippen LogP contribution in [0.4, 0.5) is 5.69 Å². The number of hydrogen-bond donors (Lipinski definition) is 1. The third-order valence-corrected chi connectivity index (χ3v) is 5.25. The fourth-order valence-electron chi connectivity index (χ4n) is 2.91. The summed E-state index contributed by atoms with van der Waals surface area (Å²) in [4.78, 5) is 26.3. The van der Waals surface area contributed by atoms with Crippen LogP contribution in [-0.2, 0) is 11.2 Å². The maximum Gasteiger partial charge on any atom is 0.289 e. The van der Waals surface area contributed by atoms with Crippen LogP contribution < -0.4 is 5.32 Å². The summed E-state index contributed by atoms with van der Waals surface area (Å²) in [5, 5.41) is 3.60. The van der Waals surface area contributed by atoms with Crippen LogP contribution in [0.15, 0.2) is 59.0 Å². The van der Waals surface area contributed by atoms with Crippen molar-refractivity contribution >= 4 is 40.7 Å². The van der Waals surface area contributed by atoms with Gasteiger partial charge in [0.25, 0.3) is 5.91 Å². The lowest BCUT2D eigenvalue weighted by atomic mass is 10.1. The molecule has 0 saturated carbocycles. The predicted molar refractivity (Wildman–Crippen MR) is 116 cm³/mol. The molecule has 0 bridgehead atoms. The van der Waals surface area contributed by atoms with Gasteiger partial charge in [0.1, 0.15) is 5.76 Å². The standard InChI is InChI=1S/C22H20Cl2N2O3/c1-3-14-7-4-5-10-17(14)25-20(27)13-26(2)22(28)19-12-11-18(29-19)15-8-6-9-16(23)21(15)24/h4-12H,3,13H2,1-2H3,(H,25,27). The van der Waals surface area contributed by atoms with E-state index in [9.17, 15) is 9.59 Å². The Kier molecular flexibility index (Phi) is 6.62. The molecule has 3 rings (SSSR count). The van der Waals surface area contributed by atoms with Gasteiger partial charge in [-0.25, -0.2) is 0 Å². The number of anilines is 1. The van der Waals surface area contributed by atoms with E-state index in [4.69, 9.17) is 27.6 Å². The molecular weight excluding hydrogens is 411 g/mol. The van der Waals surface area contributed by atoms with Crippen molar-refractivity contribution in [3.63, 3.8) is 0 Å². The number of hydrogen-bond acceptors (Lipinski definition) is 3. The van der Waals surface area contributed by atoms with Crippen molar-refractivity contribution in [3.8, 4) is 11.3 Å². The highest BCUT2D eigenvalue weighted by Crippen LogP contribution is 2.34. The fourth-order valence-corrected chi connectivity index (χ4v) is 3.30. The van der Waals surface area contributed by atoms with Crippen LogP contribution in [0.5, 0.6) is 0 Å². The quantitative estimate of drug-likeness (QED) is 0.559. The summed E-state index contributed by atoms with van der Waals surface area (Å²) in [6.45, 7) is 1.91. The van der Waals surface area contributed by atoms with Crippen LogP contribution in [-0.4, -0.2) is 30.3 Å². The Morgan fingerprint density at radius 1 is 1.03 bits per heavy atom. The first kappa shape index (κ1) is 21.0. The Hall–Kier alpha value is -2.76. The first-order valence-electron chi connectivity index (χ1n) is 9.08. The van der Waals surface area contributed by atoms with Gasteiger partial charge in [-0.05, 0) is 42.3 Å². The first-order chi connectivity index (χ1) is 13.9. The number of aryl methyl sites for hydroxylation is 1. The van der Waals surface area contributed by atoms with Crippen molar-refractivity contribution in [2.24, 2.45) is 0 Å². The van der Waals surface area contributed by atoms with Gasteiger partial charge in [-0.2, -0.15) is 0 Å². The average molecular weight is 431 g/mol. The summed E-state index contributed by atoms with van der Waals surface area (Å²) >= 11 is 12.2. The van der Waals surface area contributed by atoms with E-state index in [1.807, 2.05) is 31.2 Å². The van der Waals surface area contributed by atoms with Gasteiger partial charge in [0, 0.05) is 18.3 Å². The van der Waals surface area contributed by atoms with Gasteiger partial charge in [0.15, 0.2) is 5.76 Å². The number of carbonyl (C=O) groups excluding carboxylic acids is 2. The van der Waals surface area contributed by atoms with Crippen molar-refractivity contribution in [1.29, 1.82) is 0 Å². The molecule has 7 heteroatoms. The Morgan fingerprint density at radius 2 is 1.79 bits per heavy atom. The molecule has 0 atom stereocenters. The van der Waals surface area contributed by atoms with Crippen molar-refractivity contribution in [2.75, 3.05) is 18.9 Å². The summed E-state index contributed by atoms with van der Waals surface area (Å²) in [5.74, 6) is -0.157. The fraction of sp³-hybridized carbons (Fsp3) is 0.182. The molecule has 2 aromatic carbocycles. The number of likely N-dealkylation sites (N-methyl/N-ethyl adjacent to an activating group) is 1.